The molecule has 3 heterocycles. The Morgan fingerprint density at radius 2 is 1.93 bits per heavy atom. The molecule has 7 heteroatoms. The number of amides is 3. The fourth-order valence-corrected chi connectivity index (χ4v) is 3.95. The molecule has 1 atom stereocenters. The second-order valence-corrected chi connectivity index (χ2v) is 7.25. The van der Waals surface area contributed by atoms with Crippen LogP contribution < -0.4 is 10.1 Å². The van der Waals surface area contributed by atoms with Gasteiger partial charge in [0.1, 0.15) is 17.6 Å². The van der Waals surface area contributed by atoms with Gasteiger partial charge in [-0.25, -0.2) is 4.79 Å². The van der Waals surface area contributed by atoms with Crippen molar-refractivity contribution < 1.29 is 18.7 Å². The van der Waals surface area contributed by atoms with Crippen molar-refractivity contribution in [1.82, 2.24) is 15.1 Å². The van der Waals surface area contributed by atoms with Crippen molar-refractivity contribution in [3.63, 3.8) is 0 Å². The first-order chi connectivity index (χ1) is 13.2. The van der Waals surface area contributed by atoms with Crippen LogP contribution in [0.25, 0.3) is 11.0 Å². The second kappa shape index (κ2) is 7.50. The van der Waals surface area contributed by atoms with Crippen LogP contribution >= 0.6 is 0 Å². The Labute approximate surface area is 158 Å². The van der Waals surface area contributed by atoms with Crippen molar-refractivity contribution >= 4 is 22.9 Å². The minimum absolute atomic E-state index is 0.0478. The third-order valence-corrected chi connectivity index (χ3v) is 5.43. The van der Waals surface area contributed by atoms with E-state index in [0.717, 1.165) is 50.7 Å². The Bertz CT molecular complexity index is 841. The van der Waals surface area contributed by atoms with Crippen molar-refractivity contribution in [2.75, 3.05) is 33.3 Å². The topological polar surface area (TPSA) is 75.0 Å². The number of carbonyl (C=O) groups is 2. The van der Waals surface area contributed by atoms with E-state index in [1.165, 1.54) is 6.26 Å². The molecule has 1 aromatic carbocycles. The quantitative estimate of drug-likeness (QED) is 0.900. The monoisotopic (exact) mass is 371 g/mol. The largest absolute Gasteiger partial charge is 0.497 e. The van der Waals surface area contributed by atoms with Gasteiger partial charge in [-0.05, 0) is 43.9 Å². The molecule has 0 aliphatic carbocycles. The van der Waals surface area contributed by atoms with E-state index in [1.807, 2.05) is 9.80 Å². The number of carbonyl (C=O) groups excluding carboxylic acids is 2. The number of piperidine rings is 1. The molecule has 27 heavy (non-hydrogen) atoms. The molecule has 2 aliphatic heterocycles. The molecule has 1 aromatic heterocycles. The van der Waals surface area contributed by atoms with Crippen LogP contribution in [0.4, 0.5) is 4.79 Å². The maximum absolute atomic E-state index is 12.8. The maximum atomic E-state index is 12.8. The molecular formula is C20H25N3O4. The van der Waals surface area contributed by atoms with Crippen LogP contribution in [-0.2, 0) is 0 Å². The number of hydrogen-bond donors (Lipinski definition) is 1. The normalized spacial score (nSPS) is 20.1. The molecule has 144 valence electrons. The lowest BCUT2D eigenvalue weighted by molar-refractivity contribution is 0.0901. The predicted octanol–water partition coefficient (Wildman–Crippen LogP) is 2.85. The van der Waals surface area contributed by atoms with Crippen LogP contribution in [0.3, 0.4) is 0 Å². The molecule has 7 nitrogen and oxygen atoms in total. The van der Waals surface area contributed by atoms with Crippen molar-refractivity contribution in [1.29, 1.82) is 0 Å². The van der Waals surface area contributed by atoms with Gasteiger partial charge in [0.15, 0.2) is 0 Å². The zero-order valence-electron chi connectivity index (χ0n) is 15.6. The molecule has 2 aromatic rings. The molecule has 2 saturated heterocycles. The summed E-state index contributed by atoms with van der Waals surface area (Å²) in [6, 6.07) is 5.45. The number of nitrogens with zero attached hydrogens (tertiary/aromatic N) is 2. The van der Waals surface area contributed by atoms with Gasteiger partial charge in [-0.1, -0.05) is 0 Å². The fraction of sp³-hybridized carbons (Fsp3) is 0.500. The van der Waals surface area contributed by atoms with E-state index >= 15 is 0 Å². The number of benzene rings is 1. The SMILES string of the molecule is COc1ccc2occ(C(=O)NC3CCCN(C(=O)N4CCCC4)C3)c2c1. The van der Waals surface area contributed by atoms with Crippen LogP contribution in [0.1, 0.15) is 36.0 Å². The van der Waals surface area contributed by atoms with Gasteiger partial charge in [-0.2, -0.15) is 0 Å². The molecule has 0 radical (unpaired) electrons. The van der Waals surface area contributed by atoms with E-state index in [-0.39, 0.29) is 18.0 Å². The van der Waals surface area contributed by atoms with E-state index in [2.05, 4.69) is 5.32 Å². The summed E-state index contributed by atoms with van der Waals surface area (Å²) in [5, 5.41) is 3.80. The molecule has 1 N–H and O–H groups in total. The lowest BCUT2D eigenvalue weighted by Gasteiger charge is -2.35. The lowest BCUT2D eigenvalue weighted by atomic mass is 10.0. The minimum atomic E-state index is -0.178. The summed E-state index contributed by atoms with van der Waals surface area (Å²) >= 11 is 0. The first-order valence-corrected chi connectivity index (χ1v) is 9.55. The summed E-state index contributed by atoms with van der Waals surface area (Å²) in [5.74, 6) is 0.500. The first-order valence-electron chi connectivity index (χ1n) is 9.55. The van der Waals surface area contributed by atoms with E-state index in [4.69, 9.17) is 9.15 Å². The van der Waals surface area contributed by atoms with Crippen molar-refractivity contribution in [2.24, 2.45) is 0 Å². The number of nitrogens with one attached hydrogen (secondary N) is 1. The smallest absolute Gasteiger partial charge is 0.320 e. The van der Waals surface area contributed by atoms with Gasteiger partial charge in [-0.3, -0.25) is 4.79 Å². The maximum Gasteiger partial charge on any atom is 0.320 e. The summed E-state index contributed by atoms with van der Waals surface area (Å²) in [6.07, 6.45) is 5.40. The summed E-state index contributed by atoms with van der Waals surface area (Å²) in [6.45, 7) is 3.00. The van der Waals surface area contributed by atoms with Gasteiger partial charge in [0, 0.05) is 37.6 Å². The standard InChI is InChI=1S/C20H25N3O4/c1-26-15-6-7-18-16(11-15)17(13-27-18)19(24)21-14-5-4-10-23(12-14)20(25)22-8-2-3-9-22/h6-7,11,13-14H,2-5,8-10,12H2,1H3,(H,21,24). The van der Waals surface area contributed by atoms with E-state index in [9.17, 15) is 9.59 Å². The summed E-state index contributed by atoms with van der Waals surface area (Å²) in [5.41, 5.74) is 1.14. The molecule has 0 bridgehead atoms. The Morgan fingerprint density at radius 1 is 1.15 bits per heavy atom. The number of methoxy groups -OCH3 is 1. The molecule has 1 unspecified atom stereocenters. The fourth-order valence-electron chi connectivity index (χ4n) is 3.95. The van der Waals surface area contributed by atoms with Gasteiger partial charge in [0.2, 0.25) is 0 Å². The zero-order valence-corrected chi connectivity index (χ0v) is 15.6. The number of ether oxygens (including phenoxy) is 1. The average molecular weight is 371 g/mol. The van der Waals surface area contributed by atoms with Crippen molar-refractivity contribution in [2.45, 2.75) is 31.7 Å². The Kier molecular flexibility index (Phi) is 4.92. The highest BCUT2D eigenvalue weighted by molar-refractivity contribution is 6.06. The molecule has 3 amide bonds. The molecule has 4 rings (SSSR count). The van der Waals surface area contributed by atoms with Crippen LogP contribution in [0, 0.1) is 0 Å². The summed E-state index contributed by atoms with van der Waals surface area (Å²) in [7, 11) is 1.59. The van der Waals surface area contributed by atoms with E-state index < -0.39 is 0 Å². The lowest BCUT2D eigenvalue weighted by Crippen LogP contribution is -2.52. The van der Waals surface area contributed by atoms with Gasteiger partial charge in [0.25, 0.3) is 5.91 Å². The number of likely N-dealkylation sites (tertiary alicyclic amines) is 2. The van der Waals surface area contributed by atoms with Gasteiger partial charge < -0.3 is 24.3 Å². The molecule has 0 spiro atoms. The van der Waals surface area contributed by atoms with Gasteiger partial charge in [0.05, 0.1) is 12.7 Å². The first kappa shape index (κ1) is 17.7. The van der Waals surface area contributed by atoms with E-state index in [1.54, 1.807) is 25.3 Å². The van der Waals surface area contributed by atoms with Crippen molar-refractivity contribution in [3.8, 4) is 5.75 Å². The van der Waals surface area contributed by atoms with Crippen molar-refractivity contribution in [3.05, 3.63) is 30.0 Å². The molecule has 0 saturated carbocycles. The van der Waals surface area contributed by atoms with Crippen LogP contribution in [0.15, 0.2) is 28.9 Å². The van der Waals surface area contributed by atoms with Crippen LogP contribution in [-0.4, -0.2) is 61.1 Å². The number of urea groups is 1. The number of hydrogen-bond acceptors (Lipinski definition) is 4. The molecular weight excluding hydrogens is 346 g/mol. The summed E-state index contributed by atoms with van der Waals surface area (Å²) in [4.78, 5) is 29.2. The predicted molar refractivity (Wildman–Crippen MR) is 101 cm³/mol. The number of fused-ring (bicyclic) bond motifs is 1. The Morgan fingerprint density at radius 3 is 2.70 bits per heavy atom. The number of rotatable bonds is 3. The van der Waals surface area contributed by atoms with E-state index in [0.29, 0.717) is 23.4 Å². The zero-order chi connectivity index (χ0) is 18.8. The third-order valence-electron chi connectivity index (χ3n) is 5.43. The molecule has 2 fully saturated rings. The van der Waals surface area contributed by atoms with Gasteiger partial charge in [-0.15, -0.1) is 0 Å². The van der Waals surface area contributed by atoms with Gasteiger partial charge >= 0.3 is 6.03 Å². The molecule has 2 aliphatic rings. The number of furan rings is 1. The Balaban J connectivity index is 1.44. The third kappa shape index (κ3) is 3.59. The van der Waals surface area contributed by atoms with Crippen LogP contribution in [0.2, 0.25) is 0 Å². The highest BCUT2D eigenvalue weighted by Crippen LogP contribution is 2.26. The Hall–Kier alpha value is -2.70. The highest BCUT2D eigenvalue weighted by Gasteiger charge is 2.29. The van der Waals surface area contributed by atoms with Crippen LogP contribution in [0.5, 0.6) is 5.75 Å². The second-order valence-electron chi connectivity index (χ2n) is 7.25. The highest BCUT2D eigenvalue weighted by atomic mass is 16.5. The summed E-state index contributed by atoms with van der Waals surface area (Å²) < 4.78 is 10.7. The minimum Gasteiger partial charge on any atom is -0.497 e. The average Bonchev–Trinajstić information content (AvgIpc) is 3.37.